The summed E-state index contributed by atoms with van der Waals surface area (Å²) in [4.78, 5) is 17.6. The molecule has 0 bridgehead atoms. The number of aliphatic hydroxyl groups excluding tert-OH is 1. The van der Waals surface area contributed by atoms with Crippen molar-refractivity contribution in [2.24, 2.45) is 0 Å². The van der Waals surface area contributed by atoms with E-state index in [-0.39, 0.29) is 30.6 Å². The van der Waals surface area contributed by atoms with Crippen LogP contribution in [0.5, 0.6) is 5.75 Å². The van der Waals surface area contributed by atoms with E-state index in [9.17, 15) is 9.90 Å². The first-order valence-electron chi connectivity index (χ1n) is 13.4. The summed E-state index contributed by atoms with van der Waals surface area (Å²) in [6, 6.07) is 25.9. The molecule has 6 nitrogen and oxygen atoms in total. The van der Waals surface area contributed by atoms with Gasteiger partial charge in [-0.05, 0) is 73.5 Å². The molecule has 2 saturated heterocycles. The van der Waals surface area contributed by atoms with Gasteiger partial charge in [0.15, 0.2) is 0 Å². The average Bonchev–Trinajstić information content (AvgIpc) is 3.04. The second-order valence-electron chi connectivity index (χ2n) is 9.98. The van der Waals surface area contributed by atoms with E-state index in [1.54, 1.807) is 7.11 Å². The van der Waals surface area contributed by atoms with Crippen molar-refractivity contribution in [2.75, 3.05) is 38.7 Å². The molecule has 3 aromatic carbocycles. The van der Waals surface area contributed by atoms with Crippen molar-refractivity contribution in [3.63, 3.8) is 0 Å². The van der Waals surface area contributed by atoms with E-state index >= 15 is 0 Å². The summed E-state index contributed by atoms with van der Waals surface area (Å²) >= 11 is 0. The normalized spacial score (nSPS) is 21.4. The molecule has 3 atom stereocenters. The maximum atomic E-state index is 13.3. The number of rotatable bonds is 4. The van der Waals surface area contributed by atoms with Gasteiger partial charge in [0, 0.05) is 47.9 Å². The predicted octanol–water partition coefficient (Wildman–Crippen LogP) is 4.94. The Hall–Kier alpha value is -3.79. The first-order chi connectivity index (χ1) is 18.7. The number of benzene rings is 3. The van der Waals surface area contributed by atoms with Gasteiger partial charge in [0.2, 0.25) is 0 Å². The molecule has 6 heteroatoms. The number of aliphatic hydroxyl groups is 1. The number of anilines is 1. The van der Waals surface area contributed by atoms with Crippen LogP contribution in [-0.2, 0) is 0 Å². The quantitative estimate of drug-likeness (QED) is 0.489. The van der Waals surface area contributed by atoms with E-state index in [0.717, 1.165) is 54.9 Å². The van der Waals surface area contributed by atoms with Gasteiger partial charge in [0.1, 0.15) is 5.75 Å². The fourth-order valence-electron chi connectivity index (χ4n) is 5.63. The Bertz CT molecular complexity index is 1270. The van der Waals surface area contributed by atoms with Gasteiger partial charge in [-0.2, -0.15) is 0 Å². The smallest absolute Gasteiger partial charge is 0.321 e. The zero-order valence-electron chi connectivity index (χ0n) is 21.8. The summed E-state index contributed by atoms with van der Waals surface area (Å²) in [7, 11) is 1.63. The van der Waals surface area contributed by atoms with Gasteiger partial charge in [-0.3, -0.25) is 4.90 Å². The van der Waals surface area contributed by atoms with Crippen LogP contribution in [0.2, 0.25) is 0 Å². The van der Waals surface area contributed by atoms with Crippen LogP contribution in [0.4, 0.5) is 10.5 Å². The average molecular weight is 510 g/mol. The SMILES string of the molecule is COc1ccc(NC(=O)N2CCCCCN3C(CO)C(c4ccc(C#Cc5ccccc5)cc4)C3C2)cc1. The number of urea groups is 1. The predicted molar refractivity (Wildman–Crippen MR) is 150 cm³/mol. The fraction of sp³-hybridized carbons (Fsp3) is 0.344. The third-order valence-corrected chi connectivity index (χ3v) is 7.67. The molecule has 0 saturated carbocycles. The van der Waals surface area contributed by atoms with Crippen LogP contribution >= 0.6 is 0 Å². The number of ether oxygens (including phenoxy) is 1. The number of carbonyl (C=O) groups excluding carboxylic acids is 1. The minimum atomic E-state index is -0.0882. The van der Waals surface area contributed by atoms with Crippen LogP contribution in [0.3, 0.4) is 0 Å². The number of methoxy groups -OCH3 is 1. The molecule has 38 heavy (non-hydrogen) atoms. The first kappa shape index (κ1) is 25.8. The van der Waals surface area contributed by atoms with Gasteiger partial charge >= 0.3 is 6.03 Å². The minimum Gasteiger partial charge on any atom is -0.497 e. The molecule has 0 aliphatic carbocycles. The monoisotopic (exact) mass is 509 g/mol. The molecule has 2 amide bonds. The highest BCUT2D eigenvalue weighted by atomic mass is 16.5. The lowest BCUT2D eigenvalue weighted by Gasteiger charge is -2.56. The minimum absolute atomic E-state index is 0.0610. The number of fused-ring (bicyclic) bond motifs is 1. The fourth-order valence-corrected chi connectivity index (χ4v) is 5.63. The van der Waals surface area contributed by atoms with Crippen molar-refractivity contribution in [1.29, 1.82) is 0 Å². The molecule has 0 spiro atoms. The second-order valence-corrected chi connectivity index (χ2v) is 9.98. The molecule has 2 heterocycles. The molecule has 2 N–H and O–H groups in total. The molecule has 196 valence electrons. The Morgan fingerprint density at radius 1 is 0.921 bits per heavy atom. The maximum Gasteiger partial charge on any atom is 0.321 e. The van der Waals surface area contributed by atoms with Gasteiger partial charge < -0.3 is 20.1 Å². The number of amides is 2. The topological polar surface area (TPSA) is 65.0 Å². The van der Waals surface area contributed by atoms with Crippen LogP contribution in [0.15, 0.2) is 78.9 Å². The van der Waals surface area contributed by atoms with Crippen LogP contribution in [0, 0.1) is 11.8 Å². The number of carbonyl (C=O) groups is 1. The van der Waals surface area contributed by atoms with E-state index < -0.39 is 0 Å². The molecule has 3 unspecified atom stereocenters. The van der Waals surface area contributed by atoms with Crippen molar-refractivity contribution in [2.45, 2.75) is 37.3 Å². The summed E-state index contributed by atoms with van der Waals surface area (Å²) in [5.74, 6) is 7.37. The maximum absolute atomic E-state index is 13.3. The zero-order valence-corrected chi connectivity index (χ0v) is 21.8. The molecule has 0 radical (unpaired) electrons. The zero-order chi connectivity index (χ0) is 26.3. The van der Waals surface area contributed by atoms with E-state index in [2.05, 4.69) is 46.3 Å². The van der Waals surface area contributed by atoms with Gasteiger partial charge in [0.25, 0.3) is 0 Å². The number of hydrogen-bond donors (Lipinski definition) is 2. The van der Waals surface area contributed by atoms with Gasteiger partial charge in [-0.25, -0.2) is 4.79 Å². The van der Waals surface area contributed by atoms with Gasteiger partial charge in [0.05, 0.1) is 13.7 Å². The van der Waals surface area contributed by atoms with Crippen molar-refractivity contribution >= 4 is 11.7 Å². The summed E-state index contributed by atoms with van der Waals surface area (Å²) < 4.78 is 5.23. The van der Waals surface area contributed by atoms with E-state index in [4.69, 9.17) is 4.74 Å². The Kier molecular flexibility index (Phi) is 8.28. The summed E-state index contributed by atoms with van der Waals surface area (Å²) in [5.41, 5.74) is 3.89. The lowest BCUT2D eigenvalue weighted by Crippen LogP contribution is -2.67. The summed E-state index contributed by atoms with van der Waals surface area (Å²) in [6.07, 6.45) is 3.11. The molecule has 2 aliphatic rings. The van der Waals surface area contributed by atoms with Gasteiger partial charge in [-0.15, -0.1) is 0 Å². The standard InChI is InChI=1S/C32H35N3O3/c1-38-28-18-16-27(17-19-28)33-32(37)34-20-6-3-7-21-35-29(22-34)31(30(35)23-36)26-14-12-25(13-15-26)11-10-24-8-4-2-5-9-24/h2,4-5,8-9,12-19,29-31,36H,3,6-7,20-23H2,1H3,(H,33,37). The Morgan fingerprint density at radius 2 is 1.61 bits per heavy atom. The van der Waals surface area contributed by atoms with Crippen molar-refractivity contribution in [3.05, 3.63) is 95.6 Å². The highest BCUT2D eigenvalue weighted by Crippen LogP contribution is 2.41. The van der Waals surface area contributed by atoms with Crippen LogP contribution in [0.25, 0.3) is 0 Å². The highest BCUT2D eigenvalue weighted by Gasteiger charge is 2.49. The first-order valence-corrected chi connectivity index (χ1v) is 13.4. The van der Waals surface area contributed by atoms with E-state index in [0.29, 0.717) is 6.54 Å². The number of hydrogen-bond acceptors (Lipinski definition) is 4. The number of nitrogens with one attached hydrogen (secondary N) is 1. The van der Waals surface area contributed by atoms with Crippen LogP contribution in [-0.4, -0.2) is 66.4 Å². The van der Waals surface area contributed by atoms with Crippen LogP contribution < -0.4 is 10.1 Å². The molecule has 5 rings (SSSR count). The largest absolute Gasteiger partial charge is 0.497 e. The van der Waals surface area contributed by atoms with E-state index in [1.165, 1.54) is 5.56 Å². The molecule has 0 aromatic heterocycles. The third kappa shape index (κ3) is 5.85. The molecular formula is C32H35N3O3. The third-order valence-electron chi connectivity index (χ3n) is 7.67. The molecule has 2 aliphatic heterocycles. The highest BCUT2D eigenvalue weighted by molar-refractivity contribution is 5.89. The summed E-state index contributed by atoms with van der Waals surface area (Å²) in [5, 5.41) is 13.4. The summed E-state index contributed by atoms with van der Waals surface area (Å²) in [6.45, 7) is 2.39. The Balaban J connectivity index is 1.32. The van der Waals surface area contributed by atoms with E-state index in [1.807, 2.05) is 59.5 Å². The van der Waals surface area contributed by atoms with Crippen LogP contribution in [0.1, 0.15) is 41.9 Å². The lowest BCUT2D eigenvalue weighted by molar-refractivity contribution is -0.0500. The van der Waals surface area contributed by atoms with Crippen molar-refractivity contribution in [3.8, 4) is 17.6 Å². The lowest BCUT2D eigenvalue weighted by atomic mass is 9.74. The number of nitrogens with zero attached hydrogens (tertiary/aromatic N) is 2. The van der Waals surface area contributed by atoms with Crippen molar-refractivity contribution < 1.29 is 14.6 Å². The van der Waals surface area contributed by atoms with Gasteiger partial charge in [-0.1, -0.05) is 48.6 Å². The molecule has 3 aromatic rings. The molecular weight excluding hydrogens is 474 g/mol. The Morgan fingerprint density at radius 3 is 2.29 bits per heavy atom. The Labute approximate surface area is 225 Å². The molecule has 2 fully saturated rings. The van der Waals surface area contributed by atoms with Crippen molar-refractivity contribution in [1.82, 2.24) is 9.80 Å². The second kappa shape index (κ2) is 12.2.